The Bertz CT molecular complexity index is 960. The number of nitrogens with one attached hydrogen (secondary N) is 1. The highest BCUT2D eigenvalue weighted by Crippen LogP contribution is 2.31. The fourth-order valence-corrected chi connectivity index (χ4v) is 4.02. The summed E-state index contributed by atoms with van der Waals surface area (Å²) in [6.45, 7) is 0. The maximum atomic E-state index is 10.4. The number of nitrogens with zero attached hydrogens (tertiary/aromatic N) is 5. The van der Waals surface area contributed by atoms with E-state index in [4.69, 9.17) is 4.74 Å². The van der Waals surface area contributed by atoms with E-state index < -0.39 is 0 Å². The second kappa shape index (κ2) is 6.84. The molecule has 2 fully saturated rings. The number of piperidine rings is 1. The lowest BCUT2D eigenvalue weighted by Crippen LogP contribution is -2.44. The van der Waals surface area contributed by atoms with Crippen LogP contribution in [0.2, 0.25) is 0 Å². The normalized spacial score (nSPS) is 26.3. The molecule has 5 rings (SSSR count). The number of rotatable bonds is 4. The molecule has 144 valence electrons. The first-order valence-corrected chi connectivity index (χ1v) is 9.28. The molecule has 2 aliphatic rings. The fourth-order valence-electron chi connectivity index (χ4n) is 4.02. The van der Waals surface area contributed by atoms with Gasteiger partial charge in [0.15, 0.2) is 0 Å². The van der Waals surface area contributed by atoms with Crippen LogP contribution in [0.5, 0.6) is 11.8 Å². The summed E-state index contributed by atoms with van der Waals surface area (Å²) in [4.78, 5) is 8.25. The number of hydrogen-bond donors (Lipinski definition) is 3. The second-order valence-electron chi connectivity index (χ2n) is 7.28. The van der Waals surface area contributed by atoms with Crippen molar-refractivity contribution in [2.45, 2.75) is 43.6 Å². The molecular formula is C19H20N6O3. The molecule has 2 bridgehead atoms. The van der Waals surface area contributed by atoms with Crippen LogP contribution in [-0.4, -0.2) is 59.2 Å². The standard InChI is InChI=1S/C19H20N6O3/c26-17-7-12(25-4-3-20-10-25)1-2-14(17)16-9-21-19(24-23-16)28-13-5-11-6-18(27)15(8-13)22-11/h1-4,7,9-11,13,15,18,22,26-27H,5-6,8H2/t11?,13-,15?,18+/m0/s1. The average molecular weight is 380 g/mol. The van der Waals surface area contributed by atoms with E-state index in [1.807, 2.05) is 6.07 Å². The third kappa shape index (κ3) is 3.19. The van der Waals surface area contributed by atoms with Crippen molar-refractivity contribution in [3.63, 3.8) is 0 Å². The average Bonchev–Trinajstić information content (AvgIpc) is 3.31. The Kier molecular flexibility index (Phi) is 4.18. The quantitative estimate of drug-likeness (QED) is 0.615. The second-order valence-corrected chi connectivity index (χ2v) is 7.28. The minimum absolute atomic E-state index is 0.0380. The van der Waals surface area contributed by atoms with E-state index in [2.05, 4.69) is 25.5 Å². The Morgan fingerprint density at radius 3 is 2.82 bits per heavy atom. The molecule has 2 saturated heterocycles. The highest BCUT2D eigenvalue weighted by molar-refractivity contribution is 5.67. The number of hydrogen-bond acceptors (Lipinski definition) is 8. The maximum Gasteiger partial charge on any atom is 0.335 e. The molecule has 4 heterocycles. The molecule has 2 unspecified atom stereocenters. The first kappa shape index (κ1) is 17.1. The summed E-state index contributed by atoms with van der Waals surface area (Å²) in [7, 11) is 0. The highest BCUT2D eigenvalue weighted by Gasteiger charge is 2.40. The number of ether oxygens (including phenoxy) is 1. The predicted molar refractivity (Wildman–Crippen MR) is 99.0 cm³/mol. The van der Waals surface area contributed by atoms with Gasteiger partial charge in [0.2, 0.25) is 0 Å². The molecule has 28 heavy (non-hydrogen) atoms. The molecule has 0 aliphatic carbocycles. The smallest absolute Gasteiger partial charge is 0.335 e. The van der Waals surface area contributed by atoms with Gasteiger partial charge in [0.1, 0.15) is 17.5 Å². The van der Waals surface area contributed by atoms with Gasteiger partial charge >= 0.3 is 6.01 Å². The summed E-state index contributed by atoms with van der Waals surface area (Å²) < 4.78 is 7.66. The van der Waals surface area contributed by atoms with Crippen LogP contribution in [0.3, 0.4) is 0 Å². The molecule has 0 radical (unpaired) electrons. The summed E-state index contributed by atoms with van der Waals surface area (Å²) in [6, 6.07) is 5.82. The summed E-state index contributed by atoms with van der Waals surface area (Å²) in [5.74, 6) is 0.0832. The predicted octanol–water partition coefficient (Wildman–Crippen LogP) is 1.06. The van der Waals surface area contributed by atoms with E-state index in [-0.39, 0.29) is 36.1 Å². The summed E-state index contributed by atoms with van der Waals surface area (Å²) in [6.07, 6.45) is 8.62. The monoisotopic (exact) mass is 380 g/mol. The minimum atomic E-state index is -0.312. The zero-order valence-electron chi connectivity index (χ0n) is 15.0. The number of imidazole rings is 1. The van der Waals surface area contributed by atoms with Gasteiger partial charge in [0.05, 0.1) is 24.3 Å². The van der Waals surface area contributed by atoms with Crippen molar-refractivity contribution in [2.24, 2.45) is 0 Å². The Balaban J connectivity index is 1.30. The molecule has 9 nitrogen and oxygen atoms in total. The van der Waals surface area contributed by atoms with Gasteiger partial charge in [-0.25, -0.2) is 9.97 Å². The molecule has 3 aromatic rings. The van der Waals surface area contributed by atoms with Gasteiger partial charge in [-0.2, -0.15) is 0 Å². The van der Waals surface area contributed by atoms with Gasteiger partial charge in [0.25, 0.3) is 0 Å². The van der Waals surface area contributed by atoms with E-state index in [9.17, 15) is 10.2 Å². The van der Waals surface area contributed by atoms with Crippen LogP contribution in [0.15, 0.2) is 43.1 Å². The number of aliphatic hydroxyl groups excluding tert-OH is 1. The molecule has 1 aromatic carbocycles. The number of phenols is 1. The maximum absolute atomic E-state index is 10.4. The number of phenolic OH excluding ortho intramolecular Hbond substituents is 1. The number of benzene rings is 1. The van der Waals surface area contributed by atoms with Crippen LogP contribution in [0.4, 0.5) is 0 Å². The Morgan fingerprint density at radius 1 is 1.18 bits per heavy atom. The molecule has 2 aliphatic heterocycles. The van der Waals surface area contributed by atoms with Crippen LogP contribution in [0.25, 0.3) is 16.9 Å². The third-order valence-electron chi connectivity index (χ3n) is 5.38. The lowest BCUT2D eigenvalue weighted by atomic mass is 10.0. The molecule has 4 atom stereocenters. The Labute approximate surface area is 161 Å². The first-order chi connectivity index (χ1) is 13.7. The molecule has 3 N–H and O–H groups in total. The van der Waals surface area contributed by atoms with Crippen molar-refractivity contribution in [2.75, 3.05) is 0 Å². The van der Waals surface area contributed by atoms with E-state index in [1.54, 1.807) is 41.6 Å². The van der Waals surface area contributed by atoms with Crippen molar-refractivity contribution in [3.05, 3.63) is 43.1 Å². The van der Waals surface area contributed by atoms with Gasteiger partial charge in [0, 0.05) is 42.5 Å². The number of aromatic nitrogens is 5. The molecule has 2 aromatic heterocycles. The Morgan fingerprint density at radius 2 is 2.11 bits per heavy atom. The van der Waals surface area contributed by atoms with Crippen molar-refractivity contribution in [1.29, 1.82) is 0 Å². The van der Waals surface area contributed by atoms with Crippen molar-refractivity contribution < 1.29 is 14.9 Å². The highest BCUT2D eigenvalue weighted by atomic mass is 16.5. The summed E-state index contributed by atoms with van der Waals surface area (Å²) in [5.41, 5.74) is 1.80. The minimum Gasteiger partial charge on any atom is -0.507 e. The van der Waals surface area contributed by atoms with Crippen LogP contribution in [-0.2, 0) is 0 Å². The van der Waals surface area contributed by atoms with Crippen LogP contribution in [0.1, 0.15) is 19.3 Å². The Hall–Kier alpha value is -3.04. The molecular weight excluding hydrogens is 360 g/mol. The zero-order chi connectivity index (χ0) is 19.1. The zero-order valence-corrected chi connectivity index (χ0v) is 15.0. The largest absolute Gasteiger partial charge is 0.507 e. The van der Waals surface area contributed by atoms with Crippen molar-refractivity contribution in [3.8, 4) is 28.7 Å². The van der Waals surface area contributed by atoms with Crippen LogP contribution in [0, 0.1) is 0 Å². The van der Waals surface area contributed by atoms with Crippen molar-refractivity contribution >= 4 is 0 Å². The van der Waals surface area contributed by atoms with E-state index in [1.165, 1.54) is 0 Å². The molecule has 0 amide bonds. The fraction of sp³-hybridized carbons (Fsp3) is 0.368. The van der Waals surface area contributed by atoms with Gasteiger partial charge < -0.3 is 24.8 Å². The van der Waals surface area contributed by atoms with E-state index in [0.29, 0.717) is 11.3 Å². The number of fused-ring (bicyclic) bond motifs is 2. The summed E-state index contributed by atoms with van der Waals surface area (Å²) >= 11 is 0. The SMILES string of the molecule is Oc1cc(-n2ccnc2)ccc1-c1cnc(O[C@H]2CC3C[C@@H](O)C(C2)N3)nn1. The first-order valence-electron chi connectivity index (χ1n) is 9.28. The third-order valence-corrected chi connectivity index (χ3v) is 5.38. The van der Waals surface area contributed by atoms with Crippen molar-refractivity contribution in [1.82, 2.24) is 30.0 Å². The summed E-state index contributed by atoms with van der Waals surface area (Å²) in [5, 5.41) is 31.9. The van der Waals surface area contributed by atoms with Gasteiger partial charge in [-0.3, -0.25) is 0 Å². The number of aliphatic hydroxyl groups is 1. The van der Waals surface area contributed by atoms with Crippen LogP contribution >= 0.6 is 0 Å². The van der Waals surface area contributed by atoms with E-state index >= 15 is 0 Å². The molecule has 0 saturated carbocycles. The lowest BCUT2D eigenvalue weighted by molar-refractivity contribution is 0.0999. The lowest BCUT2D eigenvalue weighted by Gasteiger charge is -2.28. The van der Waals surface area contributed by atoms with Crippen LogP contribution < -0.4 is 10.1 Å². The van der Waals surface area contributed by atoms with Gasteiger partial charge in [-0.15, -0.1) is 5.10 Å². The van der Waals surface area contributed by atoms with E-state index in [0.717, 1.165) is 24.9 Å². The molecule has 0 spiro atoms. The topological polar surface area (TPSA) is 118 Å². The molecule has 9 heteroatoms. The van der Waals surface area contributed by atoms with Gasteiger partial charge in [-0.1, -0.05) is 5.10 Å². The van der Waals surface area contributed by atoms with Gasteiger partial charge in [-0.05, 0) is 25.0 Å². The number of aromatic hydroxyl groups is 1.